The SMILES string of the molecule is C=CN=C(/C=C\C)C(=O)NC(C)c1ncc(C(=O)Nc2cccc(S(=O)(=O)C(C)(F)F)c2)s1. The molecular weight excluding hydrogens is 474 g/mol. The fourth-order valence-corrected chi connectivity index (χ4v) is 4.27. The van der Waals surface area contributed by atoms with Crippen LogP contribution in [0.5, 0.6) is 0 Å². The molecule has 1 unspecified atom stereocenters. The monoisotopic (exact) mass is 496 g/mol. The first-order valence-electron chi connectivity index (χ1n) is 9.52. The molecule has 1 heterocycles. The first-order chi connectivity index (χ1) is 15.4. The van der Waals surface area contributed by atoms with Crippen LogP contribution in [0.25, 0.3) is 0 Å². The van der Waals surface area contributed by atoms with Crippen molar-refractivity contribution < 1.29 is 26.8 Å². The van der Waals surface area contributed by atoms with Crippen molar-refractivity contribution in [3.63, 3.8) is 0 Å². The predicted molar refractivity (Wildman–Crippen MR) is 123 cm³/mol. The predicted octanol–water partition coefficient (Wildman–Crippen LogP) is 4.12. The van der Waals surface area contributed by atoms with Gasteiger partial charge in [-0.05, 0) is 38.1 Å². The number of benzene rings is 1. The molecule has 0 aliphatic carbocycles. The maximum absolute atomic E-state index is 13.4. The van der Waals surface area contributed by atoms with E-state index in [1.165, 1.54) is 30.6 Å². The normalized spacial score (nSPS) is 13.5. The Hall–Kier alpha value is -3.25. The number of sulfone groups is 1. The number of allylic oxidation sites excluding steroid dienone is 1. The van der Waals surface area contributed by atoms with E-state index in [9.17, 15) is 26.8 Å². The molecule has 12 heteroatoms. The number of nitrogens with zero attached hydrogens (tertiary/aromatic N) is 2. The molecule has 0 bridgehead atoms. The van der Waals surface area contributed by atoms with Crippen LogP contribution >= 0.6 is 11.3 Å². The van der Waals surface area contributed by atoms with E-state index in [2.05, 4.69) is 27.2 Å². The van der Waals surface area contributed by atoms with E-state index >= 15 is 0 Å². The van der Waals surface area contributed by atoms with E-state index in [0.29, 0.717) is 5.01 Å². The number of anilines is 1. The Balaban J connectivity index is 2.14. The van der Waals surface area contributed by atoms with Gasteiger partial charge in [-0.3, -0.25) is 14.6 Å². The Morgan fingerprint density at radius 2 is 2.03 bits per heavy atom. The van der Waals surface area contributed by atoms with Crippen molar-refractivity contribution in [1.29, 1.82) is 0 Å². The molecule has 1 aromatic carbocycles. The Morgan fingerprint density at radius 1 is 1.33 bits per heavy atom. The lowest BCUT2D eigenvalue weighted by molar-refractivity contribution is -0.115. The summed E-state index contributed by atoms with van der Waals surface area (Å²) in [6, 6.07) is 4.06. The highest BCUT2D eigenvalue weighted by molar-refractivity contribution is 7.92. The zero-order valence-electron chi connectivity index (χ0n) is 18.0. The number of halogens is 2. The third kappa shape index (κ3) is 6.39. The van der Waals surface area contributed by atoms with Crippen LogP contribution in [0, 0.1) is 0 Å². The van der Waals surface area contributed by atoms with Gasteiger partial charge in [0.2, 0.25) is 9.84 Å². The zero-order chi connectivity index (χ0) is 24.8. The van der Waals surface area contributed by atoms with Gasteiger partial charge in [0.05, 0.1) is 17.1 Å². The number of carbonyl (C=O) groups excluding carboxylic acids is 2. The number of rotatable bonds is 9. The molecule has 0 spiro atoms. The van der Waals surface area contributed by atoms with Crippen LogP contribution in [0.2, 0.25) is 0 Å². The number of aliphatic imine (C=N–C) groups is 1. The largest absolute Gasteiger partial charge is 0.347 e. The molecule has 0 saturated carbocycles. The van der Waals surface area contributed by atoms with Crippen molar-refractivity contribution in [2.24, 2.45) is 4.99 Å². The van der Waals surface area contributed by atoms with Crippen LogP contribution in [0.15, 0.2) is 65.3 Å². The number of alkyl halides is 2. The summed E-state index contributed by atoms with van der Waals surface area (Å²) >= 11 is 1.01. The van der Waals surface area contributed by atoms with E-state index in [1.807, 2.05) is 0 Å². The fraction of sp³-hybridized carbons (Fsp3) is 0.238. The van der Waals surface area contributed by atoms with Crippen LogP contribution in [0.1, 0.15) is 41.5 Å². The number of thiazole rings is 1. The van der Waals surface area contributed by atoms with Gasteiger partial charge in [0.1, 0.15) is 15.6 Å². The maximum Gasteiger partial charge on any atom is 0.347 e. The topological polar surface area (TPSA) is 118 Å². The van der Waals surface area contributed by atoms with Gasteiger partial charge in [0, 0.05) is 18.8 Å². The highest BCUT2D eigenvalue weighted by atomic mass is 32.2. The Morgan fingerprint density at radius 3 is 2.64 bits per heavy atom. The van der Waals surface area contributed by atoms with E-state index < -0.39 is 37.8 Å². The summed E-state index contributed by atoms with van der Waals surface area (Å²) in [5.41, 5.74) is 0.180. The summed E-state index contributed by atoms with van der Waals surface area (Å²) < 4.78 is 50.7. The molecule has 0 aliphatic rings. The quantitative estimate of drug-likeness (QED) is 0.507. The fourth-order valence-electron chi connectivity index (χ4n) is 2.50. The van der Waals surface area contributed by atoms with Crippen molar-refractivity contribution in [2.75, 3.05) is 5.32 Å². The highest BCUT2D eigenvalue weighted by Crippen LogP contribution is 2.30. The molecule has 2 N–H and O–H groups in total. The summed E-state index contributed by atoms with van der Waals surface area (Å²) in [6.45, 7) is 7.17. The molecule has 0 saturated heterocycles. The molecule has 1 atom stereocenters. The second-order valence-electron chi connectivity index (χ2n) is 6.75. The maximum atomic E-state index is 13.4. The molecule has 176 valence electrons. The van der Waals surface area contributed by atoms with Gasteiger partial charge in [-0.15, -0.1) is 11.3 Å². The van der Waals surface area contributed by atoms with Crippen molar-refractivity contribution in [3.05, 3.63) is 65.3 Å². The summed E-state index contributed by atoms with van der Waals surface area (Å²) in [5.74, 6) is -1.06. The average Bonchev–Trinajstić information content (AvgIpc) is 3.23. The van der Waals surface area contributed by atoms with Crippen molar-refractivity contribution in [1.82, 2.24) is 10.3 Å². The smallest absolute Gasteiger partial charge is 0.342 e. The van der Waals surface area contributed by atoms with Gasteiger partial charge in [-0.1, -0.05) is 18.7 Å². The lowest BCUT2D eigenvalue weighted by Crippen LogP contribution is -2.32. The van der Waals surface area contributed by atoms with Gasteiger partial charge in [-0.25, -0.2) is 13.4 Å². The number of aromatic nitrogens is 1. The molecule has 2 aromatic rings. The van der Waals surface area contributed by atoms with Gasteiger partial charge in [0.15, 0.2) is 0 Å². The van der Waals surface area contributed by atoms with Crippen LogP contribution in [-0.2, 0) is 14.6 Å². The second kappa shape index (κ2) is 10.6. The van der Waals surface area contributed by atoms with E-state index in [0.717, 1.165) is 23.5 Å². The number of hydrogen-bond acceptors (Lipinski definition) is 7. The van der Waals surface area contributed by atoms with Crippen molar-refractivity contribution >= 4 is 44.4 Å². The first kappa shape index (κ1) is 26.0. The Bertz CT molecular complexity index is 1210. The van der Waals surface area contributed by atoms with E-state index in [4.69, 9.17) is 0 Å². The number of amides is 2. The second-order valence-corrected chi connectivity index (χ2v) is 10.0. The Labute approximate surface area is 194 Å². The highest BCUT2D eigenvalue weighted by Gasteiger charge is 2.40. The molecular formula is C21H22F2N4O4S2. The minimum atomic E-state index is -4.89. The molecule has 0 fully saturated rings. The number of nitrogens with one attached hydrogen (secondary N) is 2. The Kier molecular flexibility index (Phi) is 8.34. The molecule has 1 aromatic heterocycles. The van der Waals surface area contributed by atoms with Crippen molar-refractivity contribution in [3.8, 4) is 0 Å². The molecule has 2 amide bonds. The summed E-state index contributed by atoms with van der Waals surface area (Å²) in [6.07, 6.45) is 5.71. The van der Waals surface area contributed by atoms with Gasteiger partial charge in [0.25, 0.3) is 11.8 Å². The molecule has 2 rings (SSSR count). The van der Waals surface area contributed by atoms with Gasteiger partial charge in [-0.2, -0.15) is 8.78 Å². The van der Waals surface area contributed by atoms with Gasteiger partial charge < -0.3 is 10.6 Å². The van der Waals surface area contributed by atoms with Crippen molar-refractivity contribution in [2.45, 2.75) is 37.0 Å². The molecule has 33 heavy (non-hydrogen) atoms. The zero-order valence-corrected chi connectivity index (χ0v) is 19.6. The summed E-state index contributed by atoms with van der Waals surface area (Å²) in [7, 11) is -4.89. The molecule has 0 aliphatic heterocycles. The standard InChI is InChI=1S/C21H22F2N4O4S2/c1-5-8-16(24-6-2)18(28)26-13(3)20-25-12-17(32-20)19(29)27-14-9-7-10-15(11-14)33(30,31)21(4,22)23/h5-13H,2H2,1,3-4H3,(H,26,28)(H,27,29)/b8-5-,24-16?. The van der Waals surface area contributed by atoms with Crippen LogP contribution < -0.4 is 10.6 Å². The number of hydrogen-bond donors (Lipinski definition) is 2. The van der Waals surface area contributed by atoms with Gasteiger partial charge >= 0.3 is 5.25 Å². The van der Waals surface area contributed by atoms with E-state index in [-0.39, 0.29) is 23.2 Å². The lowest BCUT2D eigenvalue weighted by Gasteiger charge is -2.13. The average molecular weight is 497 g/mol. The first-order valence-corrected chi connectivity index (χ1v) is 11.8. The van der Waals surface area contributed by atoms with Crippen LogP contribution in [0.3, 0.4) is 0 Å². The van der Waals surface area contributed by atoms with Crippen LogP contribution in [0.4, 0.5) is 14.5 Å². The third-order valence-corrected chi connectivity index (χ3v) is 7.12. The van der Waals surface area contributed by atoms with E-state index in [1.54, 1.807) is 19.9 Å². The van der Waals surface area contributed by atoms with Crippen LogP contribution in [-0.4, -0.2) is 36.2 Å². The minimum absolute atomic E-state index is 0.0262. The third-order valence-electron chi connectivity index (χ3n) is 4.13. The lowest BCUT2D eigenvalue weighted by atomic mass is 10.2. The molecule has 8 nitrogen and oxygen atoms in total. The summed E-state index contributed by atoms with van der Waals surface area (Å²) in [4.78, 5) is 32.5. The number of carbonyl (C=O) groups is 2. The molecule has 0 radical (unpaired) electrons. The minimum Gasteiger partial charge on any atom is -0.342 e. The summed E-state index contributed by atoms with van der Waals surface area (Å²) in [5, 5.41) is 1.65.